The topological polar surface area (TPSA) is 32.3 Å². The van der Waals surface area contributed by atoms with Crippen molar-refractivity contribution in [3.05, 3.63) is 33.8 Å². The fourth-order valence-electron chi connectivity index (χ4n) is 2.37. The summed E-state index contributed by atoms with van der Waals surface area (Å²) in [6, 6.07) is 5.63. The van der Waals surface area contributed by atoms with Crippen molar-refractivity contribution in [2.45, 2.75) is 32.2 Å². The molecule has 0 spiro atoms. The largest absolute Gasteiger partial charge is 0.341 e. The molecule has 0 aromatic heterocycles. The van der Waals surface area contributed by atoms with Crippen LogP contribution in [0.3, 0.4) is 0 Å². The van der Waals surface area contributed by atoms with E-state index in [4.69, 9.17) is 23.2 Å². The highest BCUT2D eigenvalue weighted by molar-refractivity contribution is 6.42. The third-order valence-electron chi connectivity index (χ3n) is 3.54. The molecule has 0 bridgehead atoms. The van der Waals surface area contributed by atoms with Gasteiger partial charge in [0.25, 0.3) is 0 Å². The van der Waals surface area contributed by atoms with Crippen LogP contribution in [0.25, 0.3) is 0 Å². The van der Waals surface area contributed by atoms with Crippen LogP contribution in [-0.4, -0.2) is 30.4 Å². The number of carbonyl (C=O) groups excluding carboxylic acids is 1. The number of nitrogens with zero attached hydrogens (tertiary/aromatic N) is 1. The maximum absolute atomic E-state index is 11.8. The van der Waals surface area contributed by atoms with Crippen LogP contribution in [0.5, 0.6) is 0 Å². The number of hydrogen-bond donors (Lipinski definition) is 1. The number of nitrogens with one attached hydrogen (secondary N) is 1. The van der Waals surface area contributed by atoms with Crippen LogP contribution in [0.1, 0.15) is 31.2 Å². The maximum Gasteiger partial charge on any atom is 0.222 e. The minimum Gasteiger partial charge on any atom is -0.341 e. The monoisotopic (exact) mass is 350 g/mol. The summed E-state index contributed by atoms with van der Waals surface area (Å²) in [6.07, 6.45) is 4.02. The molecule has 0 aliphatic carbocycles. The Labute approximate surface area is 142 Å². The van der Waals surface area contributed by atoms with E-state index in [2.05, 4.69) is 5.32 Å². The Balaban J connectivity index is 0.00000220. The van der Waals surface area contributed by atoms with Gasteiger partial charge >= 0.3 is 0 Å². The number of benzene rings is 1. The van der Waals surface area contributed by atoms with Crippen molar-refractivity contribution in [2.24, 2.45) is 0 Å². The van der Waals surface area contributed by atoms with Gasteiger partial charge in [-0.3, -0.25) is 4.79 Å². The van der Waals surface area contributed by atoms with E-state index >= 15 is 0 Å². The molecule has 21 heavy (non-hydrogen) atoms. The van der Waals surface area contributed by atoms with Crippen molar-refractivity contribution in [2.75, 3.05) is 19.6 Å². The molecule has 2 rings (SSSR count). The first-order valence-electron chi connectivity index (χ1n) is 7.09. The molecular formula is C15H21Cl3N2O. The number of carbonyl (C=O) groups is 1. The lowest BCUT2D eigenvalue weighted by Crippen LogP contribution is -2.36. The third-order valence-corrected chi connectivity index (χ3v) is 4.28. The van der Waals surface area contributed by atoms with E-state index < -0.39 is 0 Å². The molecule has 1 aromatic carbocycles. The van der Waals surface area contributed by atoms with Crippen molar-refractivity contribution in [3.63, 3.8) is 0 Å². The molecular weight excluding hydrogens is 331 g/mol. The van der Waals surface area contributed by atoms with E-state index in [1.807, 2.05) is 17.0 Å². The van der Waals surface area contributed by atoms with Gasteiger partial charge in [-0.15, -0.1) is 12.4 Å². The Hall–Kier alpha value is -0.480. The number of amides is 1. The molecule has 118 valence electrons. The molecule has 1 N–H and O–H groups in total. The average molecular weight is 352 g/mol. The molecule has 1 aliphatic heterocycles. The maximum atomic E-state index is 11.8. The van der Waals surface area contributed by atoms with Gasteiger partial charge in [0.2, 0.25) is 5.91 Å². The molecule has 6 heteroatoms. The van der Waals surface area contributed by atoms with Gasteiger partial charge in [-0.25, -0.2) is 0 Å². The van der Waals surface area contributed by atoms with Gasteiger partial charge in [0.05, 0.1) is 10.0 Å². The van der Waals surface area contributed by atoms with Crippen molar-refractivity contribution in [1.82, 2.24) is 10.2 Å². The molecule has 0 radical (unpaired) electrons. The second-order valence-corrected chi connectivity index (χ2v) is 5.93. The smallest absolute Gasteiger partial charge is 0.222 e. The van der Waals surface area contributed by atoms with Crippen LogP contribution in [0.15, 0.2) is 18.2 Å². The predicted molar refractivity (Wildman–Crippen MR) is 90.5 cm³/mol. The molecule has 1 heterocycles. The predicted octanol–water partition coefficient (Wildman–Crippen LogP) is 3.91. The van der Waals surface area contributed by atoms with Gasteiger partial charge in [0.15, 0.2) is 0 Å². The van der Waals surface area contributed by atoms with Gasteiger partial charge in [-0.2, -0.15) is 0 Å². The number of likely N-dealkylation sites (tertiary alicyclic amines) is 1. The Morgan fingerprint density at radius 1 is 1.14 bits per heavy atom. The summed E-state index contributed by atoms with van der Waals surface area (Å²) in [5.41, 5.74) is 1.10. The number of hydrogen-bond acceptors (Lipinski definition) is 2. The number of rotatable bonds is 5. The highest BCUT2D eigenvalue weighted by atomic mass is 35.5. The van der Waals surface area contributed by atoms with E-state index in [0.717, 1.165) is 44.6 Å². The lowest BCUT2D eigenvalue weighted by Gasteiger charge is -2.20. The summed E-state index contributed by atoms with van der Waals surface area (Å²) in [5, 5.41) is 4.49. The minimum atomic E-state index is 0. The van der Waals surface area contributed by atoms with E-state index in [9.17, 15) is 4.79 Å². The summed E-state index contributed by atoms with van der Waals surface area (Å²) in [7, 11) is 0. The van der Waals surface area contributed by atoms with Gasteiger partial charge < -0.3 is 10.2 Å². The standard InChI is InChI=1S/C15H20Cl2N2O.ClH/c16-13-6-5-12(10-14(13)17)11-18-7-9-19-8-3-1-2-4-15(19)20;/h5-6,10,18H,1-4,7-9,11H2;1H. The first-order chi connectivity index (χ1) is 9.66. The average Bonchev–Trinajstić information content (AvgIpc) is 2.64. The normalized spacial score (nSPS) is 15.5. The van der Waals surface area contributed by atoms with Crippen LogP contribution in [0, 0.1) is 0 Å². The lowest BCUT2D eigenvalue weighted by atomic mass is 10.2. The van der Waals surface area contributed by atoms with Crippen molar-refractivity contribution < 1.29 is 4.79 Å². The molecule has 0 unspecified atom stereocenters. The zero-order valence-corrected chi connectivity index (χ0v) is 14.2. The van der Waals surface area contributed by atoms with Crippen LogP contribution < -0.4 is 5.32 Å². The van der Waals surface area contributed by atoms with E-state index in [0.29, 0.717) is 22.4 Å². The number of halogens is 3. The van der Waals surface area contributed by atoms with Gasteiger partial charge in [0.1, 0.15) is 0 Å². The Bertz CT molecular complexity index is 468. The van der Waals surface area contributed by atoms with Gasteiger partial charge in [-0.05, 0) is 30.5 Å². The summed E-state index contributed by atoms with van der Waals surface area (Å²) in [5.74, 6) is 0.291. The fraction of sp³-hybridized carbons (Fsp3) is 0.533. The summed E-state index contributed by atoms with van der Waals surface area (Å²) < 4.78 is 0. The second-order valence-electron chi connectivity index (χ2n) is 5.12. The molecule has 1 saturated heterocycles. The zero-order valence-electron chi connectivity index (χ0n) is 11.9. The van der Waals surface area contributed by atoms with Crippen molar-refractivity contribution in [3.8, 4) is 0 Å². The van der Waals surface area contributed by atoms with Crippen molar-refractivity contribution >= 4 is 41.5 Å². The molecule has 1 aromatic rings. The quantitative estimate of drug-likeness (QED) is 0.816. The van der Waals surface area contributed by atoms with Crippen LogP contribution in [-0.2, 0) is 11.3 Å². The highest BCUT2D eigenvalue weighted by Crippen LogP contribution is 2.22. The van der Waals surface area contributed by atoms with Gasteiger partial charge in [-0.1, -0.05) is 35.7 Å². The molecule has 3 nitrogen and oxygen atoms in total. The van der Waals surface area contributed by atoms with E-state index in [1.165, 1.54) is 6.42 Å². The highest BCUT2D eigenvalue weighted by Gasteiger charge is 2.15. The molecule has 1 aliphatic rings. The lowest BCUT2D eigenvalue weighted by molar-refractivity contribution is -0.130. The Kier molecular flexibility index (Phi) is 8.42. The SMILES string of the molecule is Cl.O=C1CCCCCN1CCNCc1ccc(Cl)c(Cl)c1. The van der Waals surface area contributed by atoms with Crippen LogP contribution in [0.4, 0.5) is 0 Å². The van der Waals surface area contributed by atoms with Crippen LogP contribution in [0.2, 0.25) is 10.0 Å². The molecule has 1 fully saturated rings. The van der Waals surface area contributed by atoms with Crippen LogP contribution >= 0.6 is 35.6 Å². The van der Waals surface area contributed by atoms with Crippen molar-refractivity contribution in [1.29, 1.82) is 0 Å². The summed E-state index contributed by atoms with van der Waals surface area (Å²) >= 11 is 11.9. The minimum absolute atomic E-state index is 0. The first kappa shape index (κ1) is 18.6. The Morgan fingerprint density at radius 3 is 2.71 bits per heavy atom. The molecule has 1 amide bonds. The fourth-order valence-corrected chi connectivity index (χ4v) is 2.69. The zero-order chi connectivity index (χ0) is 14.4. The molecule has 0 saturated carbocycles. The second kappa shape index (κ2) is 9.52. The third kappa shape index (κ3) is 6.03. The summed E-state index contributed by atoms with van der Waals surface area (Å²) in [6.45, 7) is 3.21. The molecule has 0 atom stereocenters. The van der Waals surface area contributed by atoms with Gasteiger partial charge in [0, 0.05) is 32.6 Å². The van der Waals surface area contributed by atoms with E-state index in [1.54, 1.807) is 6.07 Å². The Morgan fingerprint density at radius 2 is 1.95 bits per heavy atom. The first-order valence-corrected chi connectivity index (χ1v) is 7.85. The van der Waals surface area contributed by atoms with E-state index in [-0.39, 0.29) is 12.4 Å². The summed E-state index contributed by atoms with van der Waals surface area (Å²) in [4.78, 5) is 13.8.